The summed E-state index contributed by atoms with van der Waals surface area (Å²) in [6.45, 7) is 8.15. The second-order valence-corrected chi connectivity index (χ2v) is 12.9. The number of rotatable bonds is 6. The van der Waals surface area contributed by atoms with Gasteiger partial charge in [0.2, 0.25) is 0 Å². The molecule has 0 saturated heterocycles. The van der Waals surface area contributed by atoms with Gasteiger partial charge in [-0.15, -0.1) is 0 Å². The van der Waals surface area contributed by atoms with E-state index in [0.717, 1.165) is 102 Å². The van der Waals surface area contributed by atoms with E-state index in [2.05, 4.69) is 158 Å². The molecule has 2 aliphatic rings. The molecule has 3 aromatic heterocycles. The third-order valence-corrected chi connectivity index (χ3v) is 9.50. The topological polar surface area (TPSA) is 57.4 Å². The van der Waals surface area contributed by atoms with Gasteiger partial charge in [0.1, 0.15) is 0 Å². The molecule has 2 N–H and O–H groups in total. The SMILES string of the molecule is C=C/C=C\C=C(/C)c1c2nc(c(-c3ccccc3)c3ccc([nH]3)c(-c3ccccc3)c3nc(c(-c4ccc(C)cc4)c4ccc1[nH]4)C=C3)CC2. The van der Waals surface area contributed by atoms with Crippen molar-refractivity contribution in [3.63, 3.8) is 0 Å². The zero-order valence-corrected chi connectivity index (χ0v) is 28.4. The van der Waals surface area contributed by atoms with E-state index in [-0.39, 0.29) is 0 Å². The first-order chi connectivity index (χ1) is 24.6. The summed E-state index contributed by atoms with van der Waals surface area (Å²) >= 11 is 0. The maximum Gasteiger partial charge on any atom is 0.0737 e. The van der Waals surface area contributed by atoms with Gasteiger partial charge in [0, 0.05) is 44.3 Å². The summed E-state index contributed by atoms with van der Waals surface area (Å²) in [7, 11) is 0. The van der Waals surface area contributed by atoms with E-state index in [9.17, 15) is 0 Å². The van der Waals surface area contributed by atoms with Crippen molar-refractivity contribution in [3.8, 4) is 33.4 Å². The van der Waals surface area contributed by atoms with Crippen LogP contribution in [0.15, 0.2) is 140 Å². The van der Waals surface area contributed by atoms with Crippen molar-refractivity contribution in [3.05, 3.63) is 174 Å². The molecule has 2 aliphatic heterocycles. The molecule has 0 amide bonds. The first kappa shape index (κ1) is 31.0. The molecule has 5 heterocycles. The standard InChI is InChI=1S/C46H38N4/c1-4-5-8-13-31(3)43-35-22-24-37(47-35)44(32-14-9-6-10-15-32)38-26-27-39(49-38)45(33-16-11-7-12-17-33)40-28-29-42(50-40)46(41-25-23-36(43)48-41)34-20-18-30(2)19-21-34/h4-21,23,25-29,48-49H,1,22,24H2,2-3H3/b8-5-,31-13+,43-35?,43-36?,44-37?,44-38?,45-39?,45-40?,46-41?,46-42?. The zero-order chi connectivity index (χ0) is 34.0. The predicted molar refractivity (Wildman–Crippen MR) is 211 cm³/mol. The Labute approximate surface area is 293 Å². The minimum absolute atomic E-state index is 0.836. The number of benzene rings is 3. The molecule has 3 aromatic carbocycles. The summed E-state index contributed by atoms with van der Waals surface area (Å²) in [4.78, 5) is 18.5. The molecular weight excluding hydrogens is 609 g/mol. The van der Waals surface area contributed by atoms with E-state index in [1.807, 2.05) is 12.2 Å². The van der Waals surface area contributed by atoms with Crippen LogP contribution in [-0.2, 0) is 12.8 Å². The quantitative estimate of drug-likeness (QED) is 0.177. The number of aromatic nitrogens is 4. The van der Waals surface area contributed by atoms with E-state index < -0.39 is 0 Å². The van der Waals surface area contributed by atoms with Crippen LogP contribution in [0.3, 0.4) is 0 Å². The Hall–Kier alpha value is -6.26. The maximum atomic E-state index is 5.46. The largest absolute Gasteiger partial charge is 0.354 e. The number of aryl methyl sites for hydroxylation is 3. The third-order valence-electron chi connectivity index (χ3n) is 9.50. The molecule has 242 valence electrons. The minimum Gasteiger partial charge on any atom is -0.354 e. The molecule has 0 aliphatic carbocycles. The number of H-pyrrole nitrogens is 2. The molecule has 0 unspecified atom stereocenters. The fourth-order valence-corrected chi connectivity index (χ4v) is 7.13. The average molecular weight is 647 g/mol. The summed E-state index contributed by atoms with van der Waals surface area (Å²) in [6, 6.07) is 38.6. The minimum atomic E-state index is 0.836. The lowest BCUT2D eigenvalue weighted by molar-refractivity contribution is 1.02. The van der Waals surface area contributed by atoms with Crippen molar-refractivity contribution in [2.45, 2.75) is 26.7 Å². The summed E-state index contributed by atoms with van der Waals surface area (Å²) in [5, 5.41) is 0. The number of aromatic amines is 2. The second-order valence-electron chi connectivity index (χ2n) is 12.9. The second kappa shape index (κ2) is 13.3. The van der Waals surface area contributed by atoms with E-state index in [1.54, 1.807) is 6.08 Å². The molecule has 0 radical (unpaired) electrons. The Morgan fingerprint density at radius 2 is 1.10 bits per heavy atom. The number of hydrogen-bond acceptors (Lipinski definition) is 2. The van der Waals surface area contributed by atoms with Gasteiger partial charge in [0.25, 0.3) is 0 Å². The molecule has 50 heavy (non-hydrogen) atoms. The fraction of sp³-hybridized carbons (Fsp3) is 0.0870. The smallest absolute Gasteiger partial charge is 0.0737 e. The molecule has 6 aromatic rings. The Kier molecular flexibility index (Phi) is 8.27. The highest BCUT2D eigenvalue weighted by Crippen LogP contribution is 2.37. The van der Waals surface area contributed by atoms with Crippen molar-refractivity contribution < 1.29 is 0 Å². The van der Waals surface area contributed by atoms with Crippen molar-refractivity contribution in [1.82, 2.24) is 19.9 Å². The van der Waals surface area contributed by atoms with Crippen molar-refractivity contribution in [1.29, 1.82) is 0 Å². The van der Waals surface area contributed by atoms with Crippen molar-refractivity contribution >= 4 is 39.8 Å². The van der Waals surface area contributed by atoms with Crippen LogP contribution in [0.1, 0.15) is 40.8 Å². The monoisotopic (exact) mass is 646 g/mol. The first-order valence-electron chi connectivity index (χ1n) is 17.2. The number of nitrogens with zero attached hydrogens (tertiary/aromatic N) is 2. The summed E-state index contributed by atoms with van der Waals surface area (Å²) in [5.74, 6) is 0. The lowest BCUT2D eigenvalue weighted by atomic mass is 10.0. The van der Waals surface area contributed by atoms with Gasteiger partial charge in [-0.05, 0) is 85.4 Å². The van der Waals surface area contributed by atoms with Crippen LogP contribution in [0.25, 0.3) is 73.2 Å². The highest BCUT2D eigenvalue weighted by atomic mass is 14.8. The van der Waals surface area contributed by atoms with Gasteiger partial charge in [-0.25, -0.2) is 4.98 Å². The lowest BCUT2D eigenvalue weighted by Gasteiger charge is -2.07. The van der Waals surface area contributed by atoms with Crippen LogP contribution in [0.2, 0.25) is 0 Å². The summed E-state index contributed by atoms with van der Waals surface area (Å²) in [6.07, 6.45) is 13.9. The first-order valence-corrected chi connectivity index (χ1v) is 17.2. The van der Waals surface area contributed by atoms with Gasteiger partial charge in [-0.2, -0.15) is 0 Å². The van der Waals surface area contributed by atoms with Crippen molar-refractivity contribution in [2.75, 3.05) is 0 Å². The number of hydrogen-bond donors (Lipinski definition) is 2. The van der Waals surface area contributed by atoms with Crippen LogP contribution < -0.4 is 0 Å². The summed E-state index contributed by atoms with van der Waals surface area (Å²) < 4.78 is 0. The molecule has 8 bridgehead atoms. The lowest BCUT2D eigenvalue weighted by Crippen LogP contribution is -1.91. The average Bonchev–Trinajstić information content (AvgIpc) is 3.98. The summed E-state index contributed by atoms with van der Waals surface area (Å²) in [5.41, 5.74) is 18.1. The van der Waals surface area contributed by atoms with Gasteiger partial charge < -0.3 is 9.97 Å². The molecule has 4 nitrogen and oxygen atoms in total. The molecule has 4 heteroatoms. The van der Waals surface area contributed by atoms with Gasteiger partial charge in [-0.3, -0.25) is 4.98 Å². The van der Waals surface area contributed by atoms with Crippen LogP contribution in [0.5, 0.6) is 0 Å². The Morgan fingerprint density at radius 1 is 0.580 bits per heavy atom. The van der Waals surface area contributed by atoms with Gasteiger partial charge in [-0.1, -0.05) is 121 Å². The van der Waals surface area contributed by atoms with Gasteiger partial charge in [0.05, 0.1) is 22.8 Å². The van der Waals surface area contributed by atoms with Crippen LogP contribution in [0, 0.1) is 6.92 Å². The molecule has 0 fully saturated rings. The van der Waals surface area contributed by atoms with E-state index >= 15 is 0 Å². The number of nitrogens with one attached hydrogen (secondary N) is 2. The van der Waals surface area contributed by atoms with E-state index in [0.29, 0.717) is 0 Å². The zero-order valence-electron chi connectivity index (χ0n) is 28.4. The highest BCUT2D eigenvalue weighted by molar-refractivity contribution is 5.97. The van der Waals surface area contributed by atoms with Crippen LogP contribution in [0.4, 0.5) is 0 Å². The van der Waals surface area contributed by atoms with Crippen molar-refractivity contribution in [2.24, 2.45) is 0 Å². The van der Waals surface area contributed by atoms with Gasteiger partial charge in [0.15, 0.2) is 0 Å². The number of fused-ring (bicyclic) bond motifs is 8. The number of allylic oxidation sites excluding steroid dienone is 5. The Morgan fingerprint density at radius 3 is 1.72 bits per heavy atom. The Bertz CT molecular complexity index is 2490. The molecule has 0 saturated carbocycles. The van der Waals surface area contributed by atoms with E-state index in [1.165, 1.54) is 5.56 Å². The van der Waals surface area contributed by atoms with E-state index in [4.69, 9.17) is 9.97 Å². The van der Waals surface area contributed by atoms with Gasteiger partial charge >= 0.3 is 0 Å². The normalized spacial score (nSPS) is 12.9. The maximum absolute atomic E-state index is 5.46. The Balaban J connectivity index is 1.56. The van der Waals surface area contributed by atoms with Crippen LogP contribution >= 0.6 is 0 Å². The molecule has 0 spiro atoms. The third kappa shape index (κ3) is 5.86. The molecule has 0 atom stereocenters. The highest BCUT2D eigenvalue weighted by Gasteiger charge is 2.20. The molecular formula is C46H38N4. The molecule has 8 rings (SSSR count). The van der Waals surface area contributed by atoms with Crippen LogP contribution in [-0.4, -0.2) is 19.9 Å². The fourth-order valence-electron chi connectivity index (χ4n) is 7.13. The predicted octanol–water partition coefficient (Wildman–Crippen LogP) is 11.7.